The monoisotopic (exact) mass is 298 g/mol. The number of aromatic nitrogens is 3. The standard InChI is InChI=1S/C19H14N4/c1-2-7-17(8-3-1)19-22-20-14-23(19)21-13-15-10-11-16-6-4-5-9-18(16)12-15/h1-14H/b21-13-. The van der Waals surface area contributed by atoms with Gasteiger partial charge in [0.15, 0.2) is 5.82 Å². The van der Waals surface area contributed by atoms with Crippen molar-refractivity contribution >= 4 is 17.0 Å². The van der Waals surface area contributed by atoms with Crippen molar-refractivity contribution in [2.45, 2.75) is 0 Å². The lowest BCUT2D eigenvalue weighted by Crippen LogP contribution is -1.93. The first-order chi connectivity index (χ1) is 11.4. The van der Waals surface area contributed by atoms with Crippen LogP contribution in [-0.2, 0) is 0 Å². The second-order valence-electron chi connectivity index (χ2n) is 5.22. The molecule has 0 unspecified atom stereocenters. The van der Waals surface area contributed by atoms with Crippen LogP contribution < -0.4 is 0 Å². The Bertz CT molecular complexity index is 971. The van der Waals surface area contributed by atoms with Crippen molar-refractivity contribution < 1.29 is 0 Å². The molecule has 4 aromatic rings. The van der Waals surface area contributed by atoms with Crippen LogP contribution in [0.1, 0.15) is 5.56 Å². The Labute approximate surface area is 133 Å². The normalized spacial score (nSPS) is 11.3. The topological polar surface area (TPSA) is 43.1 Å². The van der Waals surface area contributed by atoms with E-state index < -0.39 is 0 Å². The zero-order valence-electron chi connectivity index (χ0n) is 12.4. The third-order valence-electron chi connectivity index (χ3n) is 3.67. The summed E-state index contributed by atoms with van der Waals surface area (Å²) in [6, 6.07) is 24.5. The van der Waals surface area contributed by atoms with E-state index in [1.54, 1.807) is 11.0 Å². The lowest BCUT2D eigenvalue weighted by atomic mass is 10.1. The van der Waals surface area contributed by atoms with E-state index in [1.807, 2.05) is 48.7 Å². The predicted octanol–water partition coefficient (Wildman–Crippen LogP) is 3.98. The number of nitrogens with zero attached hydrogens (tertiary/aromatic N) is 4. The zero-order valence-corrected chi connectivity index (χ0v) is 12.4. The summed E-state index contributed by atoms with van der Waals surface area (Å²) in [6.07, 6.45) is 3.43. The van der Waals surface area contributed by atoms with Gasteiger partial charge in [-0.2, -0.15) is 9.78 Å². The van der Waals surface area contributed by atoms with Gasteiger partial charge in [0.05, 0.1) is 6.21 Å². The number of hydrogen-bond donors (Lipinski definition) is 0. The van der Waals surface area contributed by atoms with E-state index in [4.69, 9.17) is 0 Å². The number of hydrogen-bond acceptors (Lipinski definition) is 3. The molecule has 1 heterocycles. The lowest BCUT2D eigenvalue weighted by molar-refractivity contribution is 0.888. The van der Waals surface area contributed by atoms with Gasteiger partial charge in [-0.15, -0.1) is 10.2 Å². The van der Waals surface area contributed by atoms with Crippen molar-refractivity contribution in [2.75, 3.05) is 0 Å². The second kappa shape index (κ2) is 5.85. The highest BCUT2D eigenvalue weighted by molar-refractivity contribution is 5.90. The van der Waals surface area contributed by atoms with Gasteiger partial charge in [0.1, 0.15) is 6.33 Å². The first-order valence-corrected chi connectivity index (χ1v) is 7.39. The fourth-order valence-electron chi connectivity index (χ4n) is 2.51. The average molecular weight is 298 g/mol. The van der Waals surface area contributed by atoms with E-state index in [-0.39, 0.29) is 0 Å². The Kier molecular flexibility index (Phi) is 3.41. The van der Waals surface area contributed by atoms with Gasteiger partial charge in [0.2, 0.25) is 0 Å². The van der Waals surface area contributed by atoms with Crippen LogP contribution in [-0.4, -0.2) is 21.1 Å². The van der Waals surface area contributed by atoms with Gasteiger partial charge in [-0.3, -0.25) is 0 Å². The quantitative estimate of drug-likeness (QED) is 0.537. The Morgan fingerprint density at radius 1 is 0.826 bits per heavy atom. The summed E-state index contributed by atoms with van der Waals surface area (Å²) in [4.78, 5) is 0. The molecule has 0 saturated heterocycles. The van der Waals surface area contributed by atoms with Gasteiger partial charge in [-0.05, 0) is 22.4 Å². The van der Waals surface area contributed by atoms with Crippen molar-refractivity contribution in [3.63, 3.8) is 0 Å². The molecule has 0 aliphatic carbocycles. The Balaban J connectivity index is 1.67. The summed E-state index contributed by atoms with van der Waals surface area (Å²) in [6.45, 7) is 0. The summed E-state index contributed by atoms with van der Waals surface area (Å²) >= 11 is 0. The van der Waals surface area contributed by atoms with Crippen molar-refractivity contribution in [1.82, 2.24) is 14.9 Å². The van der Waals surface area contributed by atoms with Crippen LogP contribution in [0.3, 0.4) is 0 Å². The molecule has 1 aromatic heterocycles. The lowest BCUT2D eigenvalue weighted by Gasteiger charge is -2.01. The molecular formula is C19H14N4. The summed E-state index contributed by atoms with van der Waals surface area (Å²) in [5, 5.41) is 15.0. The second-order valence-corrected chi connectivity index (χ2v) is 5.22. The van der Waals surface area contributed by atoms with Crippen LogP contribution in [0.25, 0.3) is 22.2 Å². The summed E-state index contributed by atoms with van der Waals surface area (Å²) in [5.41, 5.74) is 2.03. The molecule has 0 amide bonds. The number of rotatable bonds is 3. The molecule has 0 saturated carbocycles. The molecule has 0 aliphatic rings. The Morgan fingerprint density at radius 2 is 1.61 bits per heavy atom. The highest BCUT2D eigenvalue weighted by Gasteiger charge is 2.05. The summed E-state index contributed by atoms with van der Waals surface area (Å²) in [7, 11) is 0. The molecule has 23 heavy (non-hydrogen) atoms. The highest BCUT2D eigenvalue weighted by atomic mass is 15.4. The summed E-state index contributed by atoms with van der Waals surface area (Å²) in [5.74, 6) is 0.725. The van der Waals surface area contributed by atoms with Crippen LogP contribution >= 0.6 is 0 Å². The van der Waals surface area contributed by atoms with Crippen LogP contribution in [0.4, 0.5) is 0 Å². The predicted molar refractivity (Wildman–Crippen MR) is 92.4 cm³/mol. The maximum atomic E-state index is 4.49. The van der Waals surface area contributed by atoms with Gasteiger partial charge in [0.25, 0.3) is 0 Å². The minimum absolute atomic E-state index is 0.725. The molecule has 0 N–H and O–H groups in total. The molecule has 0 aliphatic heterocycles. The fraction of sp³-hybridized carbons (Fsp3) is 0. The van der Waals surface area contributed by atoms with Gasteiger partial charge in [0, 0.05) is 5.56 Å². The molecule has 0 atom stereocenters. The fourth-order valence-corrected chi connectivity index (χ4v) is 2.51. The SMILES string of the molecule is C(=N/n1cnnc1-c1ccccc1)/c1ccc2ccccc2c1. The van der Waals surface area contributed by atoms with Crippen molar-refractivity contribution in [3.8, 4) is 11.4 Å². The van der Waals surface area contributed by atoms with Crippen LogP contribution in [0, 0.1) is 0 Å². The molecule has 3 aromatic carbocycles. The Morgan fingerprint density at radius 3 is 2.48 bits per heavy atom. The minimum atomic E-state index is 0.725. The largest absolute Gasteiger partial charge is 0.200 e. The first-order valence-electron chi connectivity index (χ1n) is 7.39. The molecule has 4 heteroatoms. The van der Waals surface area contributed by atoms with E-state index in [9.17, 15) is 0 Å². The molecule has 0 fully saturated rings. The molecule has 0 bridgehead atoms. The van der Waals surface area contributed by atoms with Gasteiger partial charge < -0.3 is 0 Å². The molecule has 110 valence electrons. The smallest absolute Gasteiger partial charge is 0.184 e. The van der Waals surface area contributed by atoms with Crippen LogP contribution in [0.15, 0.2) is 84.2 Å². The molecule has 0 spiro atoms. The highest BCUT2D eigenvalue weighted by Crippen LogP contribution is 2.17. The van der Waals surface area contributed by atoms with Crippen LogP contribution in [0.2, 0.25) is 0 Å². The third-order valence-corrected chi connectivity index (χ3v) is 3.67. The average Bonchev–Trinajstić information content (AvgIpc) is 3.09. The van der Waals surface area contributed by atoms with Crippen molar-refractivity contribution in [1.29, 1.82) is 0 Å². The maximum Gasteiger partial charge on any atom is 0.184 e. The third kappa shape index (κ3) is 2.74. The van der Waals surface area contributed by atoms with Crippen molar-refractivity contribution in [2.24, 2.45) is 5.10 Å². The number of benzene rings is 3. The van der Waals surface area contributed by atoms with E-state index in [0.717, 1.165) is 17.0 Å². The van der Waals surface area contributed by atoms with E-state index in [2.05, 4.69) is 45.6 Å². The van der Waals surface area contributed by atoms with E-state index in [1.165, 1.54) is 10.8 Å². The van der Waals surface area contributed by atoms with E-state index in [0.29, 0.717) is 0 Å². The number of fused-ring (bicyclic) bond motifs is 1. The molecule has 0 radical (unpaired) electrons. The maximum absolute atomic E-state index is 4.49. The minimum Gasteiger partial charge on any atom is -0.200 e. The zero-order chi connectivity index (χ0) is 15.5. The molecule has 4 rings (SSSR count). The van der Waals surface area contributed by atoms with E-state index >= 15 is 0 Å². The Hall–Kier alpha value is -3.27. The van der Waals surface area contributed by atoms with Gasteiger partial charge in [-0.25, -0.2) is 0 Å². The summed E-state index contributed by atoms with van der Waals surface area (Å²) < 4.78 is 1.69. The first kappa shape index (κ1) is 13.4. The van der Waals surface area contributed by atoms with Gasteiger partial charge in [-0.1, -0.05) is 66.7 Å². The molecular weight excluding hydrogens is 284 g/mol. The van der Waals surface area contributed by atoms with Crippen molar-refractivity contribution in [3.05, 3.63) is 84.7 Å². The van der Waals surface area contributed by atoms with Crippen LogP contribution in [0.5, 0.6) is 0 Å². The molecule has 4 nitrogen and oxygen atoms in total. The van der Waals surface area contributed by atoms with Gasteiger partial charge >= 0.3 is 0 Å².